The lowest BCUT2D eigenvalue weighted by atomic mass is 9.99. The number of methoxy groups -OCH3 is 1. The van der Waals surface area contributed by atoms with Crippen molar-refractivity contribution in [1.82, 2.24) is 4.90 Å². The predicted octanol–water partition coefficient (Wildman–Crippen LogP) is 2.80. The number of carbonyl (C=O) groups excluding carboxylic acids is 2. The number of nitrogens with zero attached hydrogens (tertiary/aromatic N) is 4. The molecular formula is C22H20N4O3. The van der Waals surface area contributed by atoms with E-state index >= 15 is 0 Å². The Hall–Kier alpha value is -3.48. The van der Waals surface area contributed by atoms with Crippen LogP contribution in [0.1, 0.15) is 38.8 Å². The summed E-state index contributed by atoms with van der Waals surface area (Å²) in [5.74, 6) is 0.477. The highest BCUT2D eigenvalue weighted by Gasteiger charge is 2.35. The molecule has 29 heavy (non-hydrogen) atoms. The second-order valence-electron chi connectivity index (χ2n) is 7.57. The van der Waals surface area contributed by atoms with E-state index in [1.165, 1.54) is 7.11 Å². The van der Waals surface area contributed by atoms with E-state index in [2.05, 4.69) is 11.8 Å². The highest BCUT2D eigenvalue weighted by molar-refractivity contribution is 6.54. The van der Waals surface area contributed by atoms with Crippen molar-refractivity contribution in [2.75, 3.05) is 25.6 Å². The lowest BCUT2D eigenvalue weighted by Crippen LogP contribution is -2.41. The topological polar surface area (TPSA) is 74.6 Å². The smallest absolute Gasteiger partial charge is 0.337 e. The third kappa shape index (κ3) is 2.57. The van der Waals surface area contributed by atoms with Gasteiger partial charge >= 0.3 is 5.97 Å². The van der Waals surface area contributed by atoms with Gasteiger partial charge in [-0.05, 0) is 42.8 Å². The van der Waals surface area contributed by atoms with Crippen LogP contribution in [0.5, 0.6) is 0 Å². The monoisotopic (exact) mass is 388 g/mol. The first-order valence-corrected chi connectivity index (χ1v) is 9.52. The number of anilines is 1. The maximum Gasteiger partial charge on any atom is 0.337 e. The third-order valence-electron chi connectivity index (χ3n) is 5.64. The Morgan fingerprint density at radius 3 is 2.83 bits per heavy atom. The number of ether oxygens (including phenoxy) is 1. The van der Waals surface area contributed by atoms with Gasteiger partial charge in [-0.25, -0.2) is 9.79 Å². The van der Waals surface area contributed by atoms with Crippen LogP contribution in [0.4, 0.5) is 11.4 Å². The van der Waals surface area contributed by atoms with E-state index in [9.17, 15) is 9.59 Å². The zero-order chi connectivity index (χ0) is 20.3. The summed E-state index contributed by atoms with van der Waals surface area (Å²) < 4.78 is 4.86. The zero-order valence-electron chi connectivity index (χ0n) is 16.5. The molecule has 0 saturated heterocycles. The molecule has 0 N–H and O–H groups in total. The summed E-state index contributed by atoms with van der Waals surface area (Å²) in [5.41, 5.74) is 5.50. The Morgan fingerprint density at radius 1 is 1.21 bits per heavy atom. The largest absolute Gasteiger partial charge is 0.465 e. The molecule has 0 aliphatic carbocycles. The number of fused-ring (bicyclic) bond motifs is 4. The number of hydrogen-bond acceptors (Lipinski definition) is 6. The number of benzene rings is 2. The van der Waals surface area contributed by atoms with Crippen LogP contribution in [0.25, 0.3) is 0 Å². The number of hydrogen-bond donors (Lipinski definition) is 0. The fourth-order valence-electron chi connectivity index (χ4n) is 4.16. The van der Waals surface area contributed by atoms with E-state index in [1.807, 2.05) is 24.3 Å². The van der Waals surface area contributed by atoms with Crippen molar-refractivity contribution < 1.29 is 14.3 Å². The highest BCUT2D eigenvalue weighted by atomic mass is 16.5. The first kappa shape index (κ1) is 17.6. The second kappa shape index (κ2) is 6.27. The first-order valence-electron chi connectivity index (χ1n) is 9.52. The molecule has 2 aromatic carbocycles. The third-order valence-corrected chi connectivity index (χ3v) is 5.64. The maximum atomic E-state index is 12.2. The summed E-state index contributed by atoms with van der Waals surface area (Å²) >= 11 is 0. The summed E-state index contributed by atoms with van der Waals surface area (Å²) in [7, 11) is 3.17. The minimum Gasteiger partial charge on any atom is -0.465 e. The molecule has 0 fully saturated rings. The number of carbonyl (C=O) groups is 2. The molecule has 7 nitrogen and oxygen atoms in total. The van der Waals surface area contributed by atoms with Crippen LogP contribution in [0.3, 0.4) is 0 Å². The van der Waals surface area contributed by atoms with Gasteiger partial charge in [-0.1, -0.05) is 6.07 Å². The Bertz CT molecular complexity index is 1130. The van der Waals surface area contributed by atoms with Crippen molar-refractivity contribution in [2.45, 2.75) is 19.5 Å². The van der Waals surface area contributed by atoms with Gasteiger partial charge in [0.25, 0.3) is 5.91 Å². The minimum absolute atomic E-state index is 0.0404. The molecule has 1 amide bonds. The molecule has 3 aliphatic heterocycles. The highest BCUT2D eigenvalue weighted by Crippen LogP contribution is 2.38. The molecule has 0 spiro atoms. The molecule has 2 aromatic rings. The standard InChI is InChI=1S/C22H20N4O3/c1-12-10-23-20-19(13-4-6-16-15(8-13)11-25(2)21(16)27)24-17-9-14(22(28)29-3)5-7-18(17)26(12)20/h4-9,12H,10-11H2,1-3H3. The van der Waals surface area contributed by atoms with Crippen LogP contribution in [0.2, 0.25) is 0 Å². The van der Waals surface area contributed by atoms with E-state index in [4.69, 9.17) is 14.7 Å². The Morgan fingerprint density at radius 2 is 2.03 bits per heavy atom. The van der Waals surface area contributed by atoms with Gasteiger partial charge in [0.2, 0.25) is 0 Å². The van der Waals surface area contributed by atoms with Gasteiger partial charge in [0.1, 0.15) is 5.71 Å². The predicted molar refractivity (Wildman–Crippen MR) is 110 cm³/mol. The normalized spacial score (nSPS) is 19.4. The maximum absolute atomic E-state index is 12.2. The SMILES string of the molecule is COC(=O)c1ccc2c(c1)N=C(c1ccc3c(c1)CN(C)C3=O)C1=NCC(C)N12. The van der Waals surface area contributed by atoms with Crippen LogP contribution in [-0.2, 0) is 11.3 Å². The van der Waals surface area contributed by atoms with Gasteiger partial charge in [-0.2, -0.15) is 0 Å². The van der Waals surface area contributed by atoms with Gasteiger partial charge in [-0.3, -0.25) is 9.79 Å². The van der Waals surface area contributed by atoms with Crippen molar-refractivity contribution in [1.29, 1.82) is 0 Å². The number of aliphatic imine (C=N–C) groups is 2. The average Bonchev–Trinajstić information content (AvgIpc) is 3.26. The molecular weight excluding hydrogens is 368 g/mol. The summed E-state index contributed by atoms with van der Waals surface area (Å²) in [4.78, 5) is 37.7. The van der Waals surface area contributed by atoms with E-state index < -0.39 is 5.97 Å². The molecule has 0 bridgehead atoms. The lowest BCUT2D eigenvalue weighted by molar-refractivity contribution is 0.0600. The zero-order valence-corrected chi connectivity index (χ0v) is 16.5. The van der Waals surface area contributed by atoms with Crippen molar-refractivity contribution in [3.63, 3.8) is 0 Å². The first-order chi connectivity index (χ1) is 14.0. The molecule has 0 aromatic heterocycles. The summed E-state index contributed by atoms with van der Waals surface area (Å²) in [5, 5.41) is 0. The number of amidine groups is 1. The van der Waals surface area contributed by atoms with Crippen molar-refractivity contribution in [3.05, 3.63) is 58.7 Å². The van der Waals surface area contributed by atoms with Gasteiger partial charge in [0.05, 0.1) is 36.6 Å². The van der Waals surface area contributed by atoms with Crippen molar-refractivity contribution in [2.24, 2.45) is 9.98 Å². The Balaban J connectivity index is 1.65. The van der Waals surface area contributed by atoms with Crippen LogP contribution in [-0.4, -0.2) is 55.1 Å². The summed E-state index contributed by atoms with van der Waals surface area (Å²) in [6.45, 7) is 3.39. The summed E-state index contributed by atoms with van der Waals surface area (Å²) in [6.07, 6.45) is 0. The van der Waals surface area contributed by atoms with Gasteiger partial charge in [-0.15, -0.1) is 0 Å². The number of amides is 1. The molecule has 3 aliphatic rings. The van der Waals surface area contributed by atoms with Crippen LogP contribution >= 0.6 is 0 Å². The van der Waals surface area contributed by atoms with Gasteiger partial charge in [0, 0.05) is 24.7 Å². The molecule has 1 unspecified atom stereocenters. The van der Waals surface area contributed by atoms with Crippen LogP contribution in [0.15, 0.2) is 46.4 Å². The average molecular weight is 388 g/mol. The van der Waals surface area contributed by atoms with Crippen molar-refractivity contribution >= 4 is 34.8 Å². The van der Waals surface area contributed by atoms with E-state index in [0.717, 1.165) is 33.9 Å². The van der Waals surface area contributed by atoms with Crippen LogP contribution in [0, 0.1) is 0 Å². The Labute approximate surface area is 168 Å². The molecule has 7 heteroatoms. The molecule has 5 rings (SSSR count). The minimum atomic E-state index is -0.391. The molecule has 0 saturated carbocycles. The summed E-state index contributed by atoms with van der Waals surface area (Å²) in [6, 6.07) is 11.4. The van der Waals surface area contributed by atoms with E-state index in [1.54, 1.807) is 24.1 Å². The van der Waals surface area contributed by atoms with Gasteiger partial charge in [0.15, 0.2) is 5.84 Å². The van der Waals surface area contributed by atoms with Gasteiger partial charge < -0.3 is 14.5 Å². The number of esters is 1. The number of rotatable bonds is 2. The van der Waals surface area contributed by atoms with E-state index in [0.29, 0.717) is 24.3 Å². The molecule has 0 radical (unpaired) electrons. The molecule has 3 heterocycles. The quantitative estimate of drug-likeness (QED) is 0.742. The fraction of sp³-hybridized carbons (Fsp3) is 0.273. The van der Waals surface area contributed by atoms with Crippen molar-refractivity contribution in [3.8, 4) is 0 Å². The fourth-order valence-corrected chi connectivity index (χ4v) is 4.16. The second-order valence-corrected chi connectivity index (χ2v) is 7.57. The van der Waals surface area contributed by atoms with Crippen LogP contribution < -0.4 is 4.90 Å². The lowest BCUT2D eigenvalue weighted by Gasteiger charge is -2.31. The Kier molecular flexibility index (Phi) is 3.81. The molecule has 1 atom stereocenters. The molecule has 146 valence electrons. The van der Waals surface area contributed by atoms with E-state index in [-0.39, 0.29) is 11.9 Å².